The van der Waals surface area contributed by atoms with Crippen LogP contribution in [0.1, 0.15) is 49.9 Å². The molecule has 3 rings (SSSR count). The van der Waals surface area contributed by atoms with Crippen LogP contribution in [0.3, 0.4) is 0 Å². The highest BCUT2D eigenvalue weighted by atomic mass is 14.0. The first-order valence-electron chi connectivity index (χ1n) is 9.06. The van der Waals surface area contributed by atoms with Gasteiger partial charge in [0.15, 0.2) is 0 Å². The van der Waals surface area contributed by atoms with Crippen molar-refractivity contribution in [1.29, 1.82) is 0 Å². The van der Waals surface area contributed by atoms with E-state index in [-0.39, 0.29) is 0 Å². The SMILES string of the molecule is CC.CC.Cc1cc2ccccc2cc1C.Cc1ccccc1C. The molecule has 0 heterocycles. The molecule has 0 saturated carbocycles. The first-order valence-corrected chi connectivity index (χ1v) is 9.06. The van der Waals surface area contributed by atoms with Crippen LogP contribution in [0.15, 0.2) is 60.7 Å². The van der Waals surface area contributed by atoms with Gasteiger partial charge >= 0.3 is 0 Å². The van der Waals surface area contributed by atoms with Gasteiger partial charge in [-0.3, -0.25) is 0 Å². The Bertz CT molecular complexity index is 647. The second kappa shape index (κ2) is 12.4. The molecule has 0 unspecified atom stereocenters. The lowest BCUT2D eigenvalue weighted by Crippen LogP contribution is -1.80. The average molecular weight is 323 g/mol. The van der Waals surface area contributed by atoms with Crippen LogP contribution in [0, 0.1) is 27.7 Å². The predicted octanol–water partition coefficient (Wildman–Crippen LogP) is 7.81. The Morgan fingerprint density at radius 1 is 0.417 bits per heavy atom. The summed E-state index contributed by atoms with van der Waals surface area (Å²) in [5.74, 6) is 0. The third kappa shape index (κ3) is 7.00. The van der Waals surface area contributed by atoms with Gasteiger partial charge in [0.1, 0.15) is 0 Å². The highest BCUT2D eigenvalue weighted by molar-refractivity contribution is 5.83. The molecule has 0 atom stereocenters. The maximum Gasteiger partial charge on any atom is -0.0181 e. The summed E-state index contributed by atoms with van der Waals surface area (Å²) in [5.41, 5.74) is 5.47. The molecule has 0 bridgehead atoms. The van der Waals surface area contributed by atoms with Gasteiger partial charge in [-0.25, -0.2) is 0 Å². The Morgan fingerprint density at radius 3 is 1.00 bits per heavy atom. The molecule has 0 spiro atoms. The fraction of sp³-hybridized carbons (Fsp3) is 0.333. The van der Waals surface area contributed by atoms with Crippen molar-refractivity contribution in [2.24, 2.45) is 0 Å². The topological polar surface area (TPSA) is 0 Å². The van der Waals surface area contributed by atoms with Crippen molar-refractivity contribution in [3.63, 3.8) is 0 Å². The molecule has 0 amide bonds. The predicted molar refractivity (Wildman–Crippen MR) is 112 cm³/mol. The zero-order valence-corrected chi connectivity index (χ0v) is 16.8. The van der Waals surface area contributed by atoms with Crippen LogP contribution in [0.5, 0.6) is 0 Å². The van der Waals surface area contributed by atoms with E-state index in [4.69, 9.17) is 0 Å². The van der Waals surface area contributed by atoms with Crippen molar-refractivity contribution >= 4 is 10.8 Å². The quantitative estimate of drug-likeness (QED) is 0.396. The van der Waals surface area contributed by atoms with E-state index >= 15 is 0 Å². The number of hydrogen-bond acceptors (Lipinski definition) is 0. The van der Waals surface area contributed by atoms with Crippen LogP contribution in [0.4, 0.5) is 0 Å². The Hall–Kier alpha value is -2.08. The van der Waals surface area contributed by atoms with Gasteiger partial charge in [0.25, 0.3) is 0 Å². The van der Waals surface area contributed by atoms with Crippen molar-refractivity contribution in [2.75, 3.05) is 0 Å². The van der Waals surface area contributed by atoms with E-state index in [0.717, 1.165) is 0 Å². The highest BCUT2D eigenvalue weighted by Gasteiger charge is 1.95. The zero-order valence-electron chi connectivity index (χ0n) is 16.8. The Morgan fingerprint density at radius 2 is 0.708 bits per heavy atom. The summed E-state index contributed by atoms with van der Waals surface area (Å²) in [7, 11) is 0. The minimum atomic E-state index is 1.33. The van der Waals surface area contributed by atoms with Crippen molar-refractivity contribution in [2.45, 2.75) is 55.4 Å². The summed E-state index contributed by atoms with van der Waals surface area (Å²) in [5, 5.41) is 2.67. The lowest BCUT2D eigenvalue weighted by molar-refractivity contribution is 1.34. The molecule has 3 aromatic carbocycles. The summed E-state index contributed by atoms with van der Waals surface area (Å²) in [6.07, 6.45) is 0. The van der Waals surface area contributed by atoms with E-state index in [9.17, 15) is 0 Å². The number of aryl methyl sites for hydroxylation is 4. The summed E-state index contributed by atoms with van der Waals surface area (Å²) in [4.78, 5) is 0. The van der Waals surface area contributed by atoms with Gasteiger partial charge in [-0.1, -0.05) is 88.4 Å². The molecule has 0 aromatic heterocycles. The Kier molecular flexibility index (Phi) is 11.3. The van der Waals surface area contributed by atoms with Gasteiger partial charge < -0.3 is 0 Å². The van der Waals surface area contributed by atoms with E-state index in [1.807, 2.05) is 27.7 Å². The van der Waals surface area contributed by atoms with Gasteiger partial charge in [0, 0.05) is 0 Å². The van der Waals surface area contributed by atoms with Gasteiger partial charge in [0.2, 0.25) is 0 Å². The van der Waals surface area contributed by atoms with Crippen LogP contribution >= 0.6 is 0 Å². The molecule has 0 aliphatic rings. The average Bonchev–Trinajstić information content (AvgIpc) is 2.63. The van der Waals surface area contributed by atoms with E-state index < -0.39 is 0 Å². The standard InChI is InChI=1S/C12H12.C8H10.2C2H6/c1-9-7-11-5-3-4-6-12(11)8-10(9)2;1-7-5-3-4-6-8(7)2;2*1-2/h3-8H,1-2H3;3-6H,1-2H3;2*1-2H3. The second-order valence-electron chi connectivity index (χ2n) is 5.37. The summed E-state index contributed by atoms with van der Waals surface area (Å²) in [6, 6.07) is 21.3. The molecule has 0 saturated heterocycles. The smallest absolute Gasteiger partial charge is 0.0181 e. The zero-order chi connectivity index (χ0) is 18.5. The molecule has 3 aromatic rings. The highest BCUT2D eigenvalue weighted by Crippen LogP contribution is 2.18. The van der Waals surface area contributed by atoms with Crippen molar-refractivity contribution in [1.82, 2.24) is 0 Å². The molecule has 0 heteroatoms. The molecule has 0 fully saturated rings. The van der Waals surface area contributed by atoms with Crippen LogP contribution in [0.2, 0.25) is 0 Å². The molecule has 0 aliphatic heterocycles. The molecule has 0 aliphatic carbocycles. The monoisotopic (exact) mass is 322 g/mol. The fourth-order valence-corrected chi connectivity index (χ4v) is 2.13. The van der Waals surface area contributed by atoms with Gasteiger partial charge in [-0.2, -0.15) is 0 Å². The van der Waals surface area contributed by atoms with Gasteiger partial charge in [-0.05, 0) is 60.7 Å². The maximum atomic E-state index is 2.24. The summed E-state index contributed by atoms with van der Waals surface area (Å²) in [6.45, 7) is 16.5. The third-order valence-electron chi connectivity index (χ3n) is 3.79. The molecule has 0 N–H and O–H groups in total. The summed E-state index contributed by atoms with van der Waals surface area (Å²) >= 11 is 0. The first-order chi connectivity index (χ1) is 11.6. The first kappa shape index (κ1) is 21.9. The molecule has 0 radical (unpaired) electrons. The fourth-order valence-electron chi connectivity index (χ4n) is 2.13. The van der Waals surface area contributed by atoms with Crippen LogP contribution < -0.4 is 0 Å². The number of hydrogen-bond donors (Lipinski definition) is 0. The van der Waals surface area contributed by atoms with Crippen molar-refractivity contribution < 1.29 is 0 Å². The lowest BCUT2D eigenvalue weighted by atomic mass is 10.0. The third-order valence-corrected chi connectivity index (χ3v) is 3.79. The molecule has 130 valence electrons. The Labute approximate surface area is 149 Å². The largest absolute Gasteiger partial charge is 0.0683 e. The van der Waals surface area contributed by atoms with E-state index in [0.29, 0.717) is 0 Å². The van der Waals surface area contributed by atoms with Crippen LogP contribution in [0.25, 0.3) is 10.8 Å². The van der Waals surface area contributed by atoms with Gasteiger partial charge in [0.05, 0.1) is 0 Å². The normalized spacial score (nSPS) is 8.83. The molecular weight excluding hydrogens is 288 g/mol. The van der Waals surface area contributed by atoms with Gasteiger partial charge in [-0.15, -0.1) is 0 Å². The molecule has 24 heavy (non-hydrogen) atoms. The number of rotatable bonds is 0. The second-order valence-corrected chi connectivity index (χ2v) is 5.37. The number of fused-ring (bicyclic) bond motifs is 1. The minimum Gasteiger partial charge on any atom is -0.0683 e. The molecular formula is C24H34. The van der Waals surface area contributed by atoms with Crippen LogP contribution in [-0.2, 0) is 0 Å². The Balaban J connectivity index is 0.000000385. The molecule has 0 nitrogen and oxygen atoms in total. The van der Waals surface area contributed by atoms with E-state index in [1.54, 1.807) is 0 Å². The van der Waals surface area contributed by atoms with E-state index in [2.05, 4.69) is 88.4 Å². The van der Waals surface area contributed by atoms with Crippen LogP contribution in [-0.4, -0.2) is 0 Å². The lowest BCUT2D eigenvalue weighted by Gasteiger charge is -2.02. The minimum absolute atomic E-state index is 1.33. The maximum absolute atomic E-state index is 2.24. The van der Waals surface area contributed by atoms with E-state index in [1.165, 1.54) is 33.0 Å². The summed E-state index contributed by atoms with van der Waals surface area (Å²) < 4.78 is 0. The van der Waals surface area contributed by atoms with Crippen molar-refractivity contribution in [3.8, 4) is 0 Å². The number of benzene rings is 3. The van der Waals surface area contributed by atoms with Crippen molar-refractivity contribution in [3.05, 3.63) is 82.9 Å².